The molecular formula is C15H19ClN4O3. The van der Waals surface area contributed by atoms with Gasteiger partial charge in [0.25, 0.3) is 0 Å². The molecule has 2 aliphatic carbocycles. The van der Waals surface area contributed by atoms with Gasteiger partial charge in [-0.05, 0) is 50.1 Å². The van der Waals surface area contributed by atoms with E-state index in [1.165, 1.54) is 6.20 Å². The van der Waals surface area contributed by atoms with Crippen LogP contribution in [0.1, 0.15) is 44.6 Å². The van der Waals surface area contributed by atoms with Crippen molar-refractivity contribution in [2.24, 2.45) is 5.41 Å². The molecule has 1 spiro atoms. The predicted molar refractivity (Wildman–Crippen MR) is 84.3 cm³/mol. The number of aliphatic hydroxyl groups is 2. The van der Waals surface area contributed by atoms with Gasteiger partial charge < -0.3 is 15.2 Å². The van der Waals surface area contributed by atoms with E-state index < -0.39 is 17.6 Å². The monoisotopic (exact) mass is 338 g/mol. The number of nitrogens with zero attached hydrogens (tertiary/aromatic N) is 3. The van der Waals surface area contributed by atoms with Crippen LogP contribution in [0.4, 0.5) is 0 Å². The summed E-state index contributed by atoms with van der Waals surface area (Å²) in [6, 6.07) is -0.00663. The van der Waals surface area contributed by atoms with E-state index in [2.05, 4.69) is 15.0 Å². The number of hydrogen-bond acceptors (Lipinski definition) is 5. The van der Waals surface area contributed by atoms with Gasteiger partial charge in [-0.15, -0.1) is 0 Å². The highest BCUT2D eigenvalue weighted by molar-refractivity contribution is 6.28. The molecule has 2 aliphatic rings. The number of hydrogen-bond donors (Lipinski definition) is 3. The van der Waals surface area contributed by atoms with Crippen LogP contribution in [0.2, 0.25) is 5.28 Å². The van der Waals surface area contributed by atoms with E-state index >= 15 is 0 Å². The average Bonchev–Trinajstić information content (AvgIpc) is 3.00. The third kappa shape index (κ3) is 2.21. The van der Waals surface area contributed by atoms with Crippen molar-refractivity contribution in [2.75, 3.05) is 0 Å². The normalized spacial score (nSPS) is 34.5. The van der Waals surface area contributed by atoms with E-state index in [0.29, 0.717) is 36.8 Å². The molecule has 2 atom stereocenters. The van der Waals surface area contributed by atoms with Gasteiger partial charge in [0.15, 0.2) is 5.65 Å². The minimum absolute atomic E-state index is 0.00663. The summed E-state index contributed by atoms with van der Waals surface area (Å²) in [7, 11) is 0. The zero-order chi connectivity index (χ0) is 16.2. The Morgan fingerprint density at radius 1 is 1.22 bits per heavy atom. The van der Waals surface area contributed by atoms with E-state index in [0.717, 1.165) is 12.8 Å². The zero-order valence-corrected chi connectivity index (χ0v) is 13.3. The highest BCUT2D eigenvalue weighted by atomic mass is 35.5. The van der Waals surface area contributed by atoms with Gasteiger partial charge in [0.05, 0.1) is 18.4 Å². The molecule has 0 radical (unpaired) electrons. The fourth-order valence-corrected chi connectivity index (χ4v) is 4.54. The molecule has 2 aromatic heterocycles. The van der Waals surface area contributed by atoms with Gasteiger partial charge in [-0.1, -0.05) is 0 Å². The van der Waals surface area contributed by atoms with Gasteiger partial charge in [0.2, 0.25) is 5.28 Å². The maximum Gasteiger partial charge on any atom is 0.327 e. The van der Waals surface area contributed by atoms with Crippen molar-refractivity contribution in [3.8, 4) is 0 Å². The summed E-state index contributed by atoms with van der Waals surface area (Å²) in [5.74, 6) is 0. The Balaban J connectivity index is 1.65. The van der Waals surface area contributed by atoms with Crippen molar-refractivity contribution in [3.63, 3.8) is 0 Å². The third-order valence-electron chi connectivity index (χ3n) is 5.72. The number of aromatic nitrogens is 4. The number of halogens is 1. The SMILES string of the molecule is O=c1[nH]c2cnc(Cl)nc2n1C1CCC2(CC1)C(O)CCC2O. The minimum atomic E-state index is -0.449. The first-order valence-electron chi connectivity index (χ1n) is 8.00. The molecule has 7 nitrogen and oxygen atoms in total. The standard InChI is InChI=1S/C15H19ClN4O3/c16-13-17-7-9-12(19-13)20(14(23)18-9)8-3-5-15(6-4-8)10(21)1-2-11(15)22/h7-8,10-11,21-22H,1-6H2,(H,18,23). The Kier molecular flexibility index (Phi) is 3.48. The number of H-pyrrole nitrogens is 1. The lowest BCUT2D eigenvalue weighted by atomic mass is 9.68. The minimum Gasteiger partial charge on any atom is -0.392 e. The third-order valence-corrected chi connectivity index (χ3v) is 5.90. The van der Waals surface area contributed by atoms with E-state index in [4.69, 9.17) is 11.6 Å². The molecule has 0 bridgehead atoms. The lowest BCUT2D eigenvalue weighted by Gasteiger charge is -2.42. The van der Waals surface area contributed by atoms with Crippen LogP contribution < -0.4 is 5.69 Å². The topological polar surface area (TPSA) is 104 Å². The fraction of sp³-hybridized carbons (Fsp3) is 0.667. The number of imidazole rings is 1. The highest BCUT2D eigenvalue weighted by Crippen LogP contribution is 2.51. The van der Waals surface area contributed by atoms with Crippen molar-refractivity contribution in [1.29, 1.82) is 0 Å². The van der Waals surface area contributed by atoms with Crippen molar-refractivity contribution in [1.82, 2.24) is 19.5 Å². The van der Waals surface area contributed by atoms with Gasteiger partial charge in [0.1, 0.15) is 5.52 Å². The van der Waals surface area contributed by atoms with Crippen LogP contribution in [0.15, 0.2) is 11.0 Å². The molecule has 4 rings (SSSR count). The summed E-state index contributed by atoms with van der Waals surface area (Å²) in [4.78, 5) is 23.1. The molecule has 2 aromatic rings. The first-order chi connectivity index (χ1) is 11.0. The quantitative estimate of drug-likeness (QED) is 0.682. The molecule has 2 fully saturated rings. The molecule has 124 valence electrons. The van der Waals surface area contributed by atoms with Crippen molar-refractivity contribution in [3.05, 3.63) is 22.0 Å². The Hall–Kier alpha value is -1.44. The summed E-state index contributed by atoms with van der Waals surface area (Å²) in [6.07, 6.45) is 4.78. The van der Waals surface area contributed by atoms with Crippen LogP contribution in [-0.2, 0) is 0 Å². The van der Waals surface area contributed by atoms with Crippen molar-refractivity contribution in [2.45, 2.75) is 56.8 Å². The first kappa shape index (κ1) is 15.1. The first-order valence-corrected chi connectivity index (χ1v) is 8.38. The molecule has 2 heterocycles. The maximum atomic E-state index is 12.3. The second-order valence-corrected chi connectivity index (χ2v) is 7.09. The van der Waals surface area contributed by atoms with Crippen LogP contribution in [0, 0.1) is 5.41 Å². The largest absolute Gasteiger partial charge is 0.392 e. The van der Waals surface area contributed by atoms with Crippen molar-refractivity contribution < 1.29 is 10.2 Å². The summed E-state index contributed by atoms with van der Waals surface area (Å²) in [5, 5.41) is 20.7. The Bertz CT molecular complexity index is 782. The molecule has 8 heteroatoms. The highest BCUT2D eigenvalue weighted by Gasteiger charge is 2.50. The Morgan fingerprint density at radius 2 is 1.87 bits per heavy atom. The summed E-state index contributed by atoms with van der Waals surface area (Å²) < 4.78 is 1.64. The predicted octanol–water partition coefficient (Wildman–Crippen LogP) is 1.39. The van der Waals surface area contributed by atoms with Crippen LogP contribution in [0.5, 0.6) is 0 Å². The number of aliphatic hydroxyl groups excluding tert-OH is 2. The van der Waals surface area contributed by atoms with Crippen molar-refractivity contribution >= 4 is 22.8 Å². The van der Waals surface area contributed by atoms with Gasteiger partial charge in [-0.25, -0.2) is 9.78 Å². The number of rotatable bonds is 1. The van der Waals surface area contributed by atoms with Crippen LogP contribution in [0.25, 0.3) is 11.2 Å². The van der Waals surface area contributed by atoms with Crippen LogP contribution >= 0.6 is 11.6 Å². The van der Waals surface area contributed by atoms with E-state index in [9.17, 15) is 15.0 Å². The van der Waals surface area contributed by atoms with Gasteiger partial charge in [0, 0.05) is 11.5 Å². The lowest BCUT2D eigenvalue weighted by Crippen LogP contribution is -2.43. The molecule has 0 saturated heterocycles. The Morgan fingerprint density at radius 3 is 2.52 bits per heavy atom. The zero-order valence-electron chi connectivity index (χ0n) is 12.6. The van der Waals surface area contributed by atoms with E-state index in [1.54, 1.807) is 4.57 Å². The fourth-order valence-electron chi connectivity index (χ4n) is 4.41. The summed E-state index contributed by atoms with van der Waals surface area (Å²) in [5.41, 5.74) is 0.466. The molecule has 3 N–H and O–H groups in total. The Labute approximate surface area is 137 Å². The van der Waals surface area contributed by atoms with Gasteiger partial charge in [-0.2, -0.15) is 4.98 Å². The molecule has 2 saturated carbocycles. The second kappa shape index (κ2) is 5.29. The maximum absolute atomic E-state index is 12.3. The van der Waals surface area contributed by atoms with E-state index in [-0.39, 0.29) is 17.0 Å². The van der Waals surface area contributed by atoms with Gasteiger partial charge in [-0.3, -0.25) is 4.57 Å². The average molecular weight is 339 g/mol. The number of fused-ring (bicyclic) bond motifs is 1. The van der Waals surface area contributed by atoms with Crippen LogP contribution in [0.3, 0.4) is 0 Å². The molecule has 0 aliphatic heterocycles. The smallest absolute Gasteiger partial charge is 0.327 e. The lowest BCUT2D eigenvalue weighted by molar-refractivity contribution is -0.0557. The number of nitrogens with one attached hydrogen (secondary N) is 1. The van der Waals surface area contributed by atoms with E-state index in [1.807, 2.05) is 0 Å². The molecule has 0 aromatic carbocycles. The molecule has 0 amide bonds. The molecular weight excluding hydrogens is 320 g/mol. The van der Waals surface area contributed by atoms with Crippen LogP contribution in [-0.4, -0.2) is 41.9 Å². The number of aromatic amines is 1. The van der Waals surface area contributed by atoms with Gasteiger partial charge >= 0.3 is 5.69 Å². The summed E-state index contributed by atoms with van der Waals surface area (Å²) >= 11 is 5.86. The molecule has 2 unspecified atom stereocenters. The molecule has 23 heavy (non-hydrogen) atoms. The summed E-state index contributed by atoms with van der Waals surface area (Å²) in [6.45, 7) is 0. The second-order valence-electron chi connectivity index (χ2n) is 6.75.